The van der Waals surface area contributed by atoms with Gasteiger partial charge in [0, 0.05) is 5.56 Å². The van der Waals surface area contributed by atoms with Gasteiger partial charge in [0.15, 0.2) is 0 Å². The van der Waals surface area contributed by atoms with Crippen molar-refractivity contribution in [3.8, 4) is 5.75 Å². The van der Waals surface area contributed by atoms with Crippen molar-refractivity contribution in [2.75, 3.05) is 13.7 Å². The van der Waals surface area contributed by atoms with Crippen molar-refractivity contribution in [3.63, 3.8) is 0 Å². The summed E-state index contributed by atoms with van der Waals surface area (Å²) >= 11 is 0. The maximum atomic E-state index is 12.4. The summed E-state index contributed by atoms with van der Waals surface area (Å²) in [6.45, 7) is 2.15. The molecule has 4 heteroatoms. The van der Waals surface area contributed by atoms with Gasteiger partial charge in [0.05, 0.1) is 25.1 Å². The second-order valence-electron chi connectivity index (χ2n) is 4.97. The molecule has 0 radical (unpaired) electrons. The van der Waals surface area contributed by atoms with E-state index in [0.717, 1.165) is 22.5 Å². The Morgan fingerprint density at radius 2 is 1.95 bits per heavy atom. The summed E-state index contributed by atoms with van der Waals surface area (Å²) in [6.07, 6.45) is 0. The molecule has 4 nitrogen and oxygen atoms in total. The lowest BCUT2D eigenvalue weighted by Crippen LogP contribution is -2.22. The van der Waals surface area contributed by atoms with E-state index < -0.39 is 5.92 Å². The zero-order chi connectivity index (χ0) is 15.5. The van der Waals surface area contributed by atoms with Crippen LogP contribution in [0.2, 0.25) is 0 Å². The summed E-state index contributed by atoms with van der Waals surface area (Å²) in [4.78, 5) is 17.1. The summed E-state index contributed by atoms with van der Waals surface area (Å²) in [5.74, 6) is -0.0814. The van der Waals surface area contributed by atoms with Crippen molar-refractivity contribution in [2.24, 2.45) is 4.99 Å². The first-order valence-electron chi connectivity index (χ1n) is 7.23. The van der Waals surface area contributed by atoms with E-state index in [1.54, 1.807) is 14.0 Å². The van der Waals surface area contributed by atoms with Gasteiger partial charge in [0.1, 0.15) is 11.7 Å². The molecule has 112 valence electrons. The number of methoxy groups -OCH3 is 1. The Morgan fingerprint density at radius 3 is 2.64 bits per heavy atom. The molecule has 1 atom stereocenters. The third-order valence-corrected chi connectivity index (χ3v) is 3.65. The summed E-state index contributed by atoms with van der Waals surface area (Å²) in [5.41, 5.74) is 3.27. The third kappa shape index (κ3) is 2.48. The molecular weight excluding hydrogens is 278 g/mol. The summed E-state index contributed by atoms with van der Waals surface area (Å²) in [6, 6.07) is 15.3. The molecule has 0 saturated carbocycles. The Labute approximate surface area is 129 Å². The summed E-state index contributed by atoms with van der Waals surface area (Å²) in [7, 11) is 1.61. The highest BCUT2D eigenvalue weighted by atomic mass is 16.5. The van der Waals surface area contributed by atoms with Crippen LogP contribution in [0.3, 0.4) is 0 Å². The molecule has 22 heavy (non-hydrogen) atoms. The summed E-state index contributed by atoms with van der Waals surface area (Å²) < 4.78 is 10.5. The molecule has 0 fully saturated rings. The van der Waals surface area contributed by atoms with E-state index in [-0.39, 0.29) is 5.97 Å². The van der Waals surface area contributed by atoms with Gasteiger partial charge >= 0.3 is 5.97 Å². The van der Waals surface area contributed by atoms with Gasteiger partial charge in [-0.3, -0.25) is 9.79 Å². The van der Waals surface area contributed by atoms with Crippen molar-refractivity contribution in [1.82, 2.24) is 0 Å². The van der Waals surface area contributed by atoms with Gasteiger partial charge in [-0.05, 0) is 30.7 Å². The number of ether oxygens (including phenoxy) is 2. The van der Waals surface area contributed by atoms with Gasteiger partial charge in [-0.1, -0.05) is 30.3 Å². The standard InChI is InChI=1S/C18H17NO3/c1-3-22-18(20)16-14-11-13(21-2)9-10-15(14)19-17(16)12-7-5-4-6-8-12/h4-11,16H,3H2,1-2H3. The molecule has 1 unspecified atom stereocenters. The Bertz CT molecular complexity index is 722. The minimum Gasteiger partial charge on any atom is -0.497 e. The van der Waals surface area contributed by atoms with E-state index in [9.17, 15) is 4.79 Å². The number of carbonyl (C=O) groups is 1. The van der Waals surface area contributed by atoms with Crippen LogP contribution in [0.25, 0.3) is 0 Å². The van der Waals surface area contributed by atoms with Gasteiger partial charge in [-0.2, -0.15) is 0 Å². The molecule has 0 saturated heterocycles. The van der Waals surface area contributed by atoms with E-state index in [4.69, 9.17) is 9.47 Å². The molecule has 0 amide bonds. The Hall–Kier alpha value is -2.62. The minimum absolute atomic E-state index is 0.280. The predicted octanol–water partition coefficient (Wildman–Crippen LogP) is 3.48. The first-order valence-corrected chi connectivity index (χ1v) is 7.23. The fourth-order valence-corrected chi connectivity index (χ4v) is 2.64. The van der Waals surface area contributed by atoms with Crippen LogP contribution in [0.15, 0.2) is 53.5 Å². The van der Waals surface area contributed by atoms with E-state index in [0.29, 0.717) is 12.4 Å². The van der Waals surface area contributed by atoms with E-state index in [1.807, 2.05) is 48.5 Å². The topological polar surface area (TPSA) is 47.9 Å². The van der Waals surface area contributed by atoms with Crippen LogP contribution in [0, 0.1) is 0 Å². The van der Waals surface area contributed by atoms with Crippen LogP contribution in [0.4, 0.5) is 5.69 Å². The number of fused-ring (bicyclic) bond motifs is 1. The number of rotatable bonds is 4. The van der Waals surface area contributed by atoms with Crippen molar-refractivity contribution in [1.29, 1.82) is 0 Å². The predicted molar refractivity (Wildman–Crippen MR) is 85.0 cm³/mol. The largest absolute Gasteiger partial charge is 0.497 e. The lowest BCUT2D eigenvalue weighted by Gasteiger charge is -2.14. The number of esters is 1. The van der Waals surface area contributed by atoms with Gasteiger partial charge < -0.3 is 9.47 Å². The molecule has 2 aromatic rings. The monoisotopic (exact) mass is 295 g/mol. The van der Waals surface area contributed by atoms with Crippen molar-refractivity contribution < 1.29 is 14.3 Å². The third-order valence-electron chi connectivity index (χ3n) is 3.65. The van der Waals surface area contributed by atoms with Crippen LogP contribution in [0.1, 0.15) is 24.0 Å². The highest BCUT2D eigenvalue weighted by Gasteiger charge is 2.35. The number of nitrogens with zero attached hydrogens (tertiary/aromatic N) is 1. The molecule has 0 bridgehead atoms. The van der Waals surface area contributed by atoms with Crippen LogP contribution in [-0.4, -0.2) is 25.4 Å². The quantitative estimate of drug-likeness (QED) is 0.811. The van der Waals surface area contributed by atoms with Crippen LogP contribution < -0.4 is 4.74 Å². The Morgan fingerprint density at radius 1 is 1.18 bits per heavy atom. The van der Waals surface area contributed by atoms with Gasteiger partial charge in [-0.15, -0.1) is 0 Å². The Kier molecular flexibility index (Phi) is 3.92. The summed E-state index contributed by atoms with van der Waals surface area (Å²) in [5, 5.41) is 0. The van der Waals surface area contributed by atoms with Crippen molar-refractivity contribution in [2.45, 2.75) is 12.8 Å². The maximum absolute atomic E-state index is 12.4. The molecule has 0 aliphatic carbocycles. The lowest BCUT2D eigenvalue weighted by atomic mass is 9.91. The highest BCUT2D eigenvalue weighted by Crippen LogP contribution is 2.40. The fourth-order valence-electron chi connectivity index (χ4n) is 2.64. The van der Waals surface area contributed by atoms with Crippen molar-refractivity contribution >= 4 is 17.4 Å². The average Bonchev–Trinajstić information content (AvgIpc) is 2.94. The molecule has 0 aromatic heterocycles. The fraction of sp³-hybridized carbons (Fsp3) is 0.222. The molecule has 1 heterocycles. The Balaban J connectivity index is 2.08. The molecule has 2 aromatic carbocycles. The van der Waals surface area contributed by atoms with E-state index >= 15 is 0 Å². The number of aliphatic imine (C=N–C) groups is 1. The normalized spacial score (nSPS) is 15.9. The molecule has 3 rings (SSSR count). The first-order chi connectivity index (χ1) is 10.7. The molecule has 1 aliphatic rings. The van der Waals surface area contributed by atoms with Crippen LogP contribution >= 0.6 is 0 Å². The van der Waals surface area contributed by atoms with Crippen LogP contribution in [0.5, 0.6) is 5.75 Å². The SMILES string of the molecule is CCOC(=O)C1C(c2ccccc2)=Nc2ccc(OC)cc21. The second kappa shape index (κ2) is 6.02. The molecule has 0 N–H and O–H groups in total. The van der Waals surface area contributed by atoms with Gasteiger partial charge in [0.25, 0.3) is 0 Å². The number of carbonyl (C=O) groups excluding carboxylic acids is 1. The minimum atomic E-state index is -0.507. The molecule has 1 aliphatic heterocycles. The molecular formula is C18H17NO3. The van der Waals surface area contributed by atoms with Crippen LogP contribution in [-0.2, 0) is 9.53 Å². The number of hydrogen-bond donors (Lipinski definition) is 0. The molecule has 0 spiro atoms. The lowest BCUT2D eigenvalue weighted by molar-refractivity contribution is -0.143. The number of hydrogen-bond acceptors (Lipinski definition) is 4. The highest BCUT2D eigenvalue weighted by molar-refractivity contribution is 6.19. The van der Waals surface area contributed by atoms with Gasteiger partial charge in [-0.25, -0.2) is 0 Å². The maximum Gasteiger partial charge on any atom is 0.319 e. The smallest absolute Gasteiger partial charge is 0.319 e. The van der Waals surface area contributed by atoms with Gasteiger partial charge in [0.2, 0.25) is 0 Å². The van der Waals surface area contributed by atoms with E-state index in [2.05, 4.69) is 4.99 Å². The zero-order valence-electron chi connectivity index (χ0n) is 12.6. The number of benzene rings is 2. The second-order valence-corrected chi connectivity index (χ2v) is 4.97. The van der Waals surface area contributed by atoms with Crippen molar-refractivity contribution in [3.05, 3.63) is 59.7 Å². The first kappa shape index (κ1) is 14.3. The zero-order valence-corrected chi connectivity index (χ0v) is 12.6. The van der Waals surface area contributed by atoms with E-state index in [1.165, 1.54) is 0 Å². The average molecular weight is 295 g/mol.